The highest BCUT2D eigenvalue weighted by Crippen LogP contribution is 2.32. The molecule has 0 aromatic heterocycles. The molecule has 0 aliphatic heterocycles. The fourth-order valence-electron chi connectivity index (χ4n) is 2.74. The van der Waals surface area contributed by atoms with Gasteiger partial charge >= 0.3 is 0 Å². The van der Waals surface area contributed by atoms with E-state index < -0.39 is 11.7 Å². The molecule has 1 saturated carbocycles. The fraction of sp³-hybridized carbons (Fsp3) is 0.800. The lowest BCUT2D eigenvalue weighted by atomic mass is 9.74. The van der Waals surface area contributed by atoms with Crippen LogP contribution in [-0.4, -0.2) is 24.0 Å². The van der Waals surface area contributed by atoms with Gasteiger partial charge in [0.2, 0.25) is 5.78 Å². The van der Waals surface area contributed by atoms with Crippen LogP contribution in [0, 0.1) is 17.8 Å². The Kier molecular flexibility index (Phi) is 6.19. The molecule has 3 unspecified atom stereocenters. The molecule has 0 aromatic carbocycles. The Morgan fingerprint density at radius 2 is 1.84 bits per heavy atom. The molecule has 0 heterocycles. The van der Waals surface area contributed by atoms with Crippen LogP contribution in [0.2, 0.25) is 0 Å². The van der Waals surface area contributed by atoms with E-state index in [4.69, 9.17) is 0 Å². The van der Waals surface area contributed by atoms with Crippen molar-refractivity contribution in [3.8, 4) is 0 Å². The van der Waals surface area contributed by atoms with Crippen LogP contribution < -0.4 is 5.32 Å². The number of carbonyl (C=O) groups excluding carboxylic acids is 3. The number of hydrogen-bond acceptors (Lipinski definition) is 3. The van der Waals surface area contributed by atoms with Gasteiger partial charge in [-0.05, 0) is 25.2 Å². The van der Waals surface area contributed by atoms with Crippen molar-refractivity contribution in [2.45, 2.75) is 52.9 Å². The van der Waals surface area contributed by atoms with Gasteiger partial charge in [0.1, 0.15) is 5.78 Å². The molecule has 3 atom stereocenters. The van der Waals surface area contributed by atoms with Crippen LogP contribution in [0.1, 0.15) is 52.9 Å². The molecule has 0 aromatic rings. The number of hydrogen-bond donors (Lipinski definition) is 1. The van der Waals surface area contributed by atoms with Crippen LogP contribution in [0.25, 0.3) is 0 Å². The van der Waals surface area contributed by atoms with E-state index in [9.17, 15) is 14.4 Å². The van der Waals surface area contributed by atoms with Crippen molar-refractivity contribution < 1.29 is 14.4 Å². The molecule has 108 valence electrons. The third kappa shape index (κ3) is 4.44. The summed E-state index contributed by atoms with van der Waals surface area (Å²) in [6.07, 6.45) is 4.94. The minimum Gasteiger partial charge on any atom is -0.349 e. The van der Waals surface area contributed by atoms with Gasteiger partial charge in [-0.3, -0.25) is 14.4 Å². The van der Waals surface area contributed by atoms with Gasteiger partial charge in [-0.1, -0.05) is 26.7 Å². The summed E-state index contributed by atoms with van der Waals surface area (Å²) in [5.41, 5.74) is 0. The van der Waals surface area contributed by atoms with Crippen molar-refractivity contribution >= 4 is 17.5 Å². The number of Topliss-reactive ketones (excluding diaryl/α,β-unsaturated/α-hetero) is 2. The summed E-state index contributed by atoms with van der Waals surface area (Å²) in [5, 5.41) is 2.65. The molecule has 4 heteroatoms. The first-order valence-corrected chi connectivity index (χ1v) is 7.29. The molecular formula is C15H25NO3. The molecule has 19 heavy (non-hydrogen) atoms. The second-order valence-electron chi connectivity index (χ2n) is 5.63. The number of rotatable bonds is 6. The topological polar surface area (TPSA) is 63.2 Å². The predicted molar refractivity (Wildman–Crippen MR) is 73.6 cm³/mol. The molecule has 0 radical (unpaired) electrons. The third-order valence-electron chi connectivity index (χ3n) is 4.22. The Morgan fingerprint density at radius 1 is 1.21 bits per heavy atom. The van der Waals surface area contributed by atoms with E-state index in [-0.39, 0.29) is 17.8 Å². The first-order valence-electron chi connectivity index (χ1n) is 7.29. The lowest BCUT2D eigenvalue weighted by Gasteiger charge is -2.32. The van der Waals surface area contributed by atoms with Crippen molar-refractivity contribution in [1.29, 1.82) is 0 Å². The molecule has 1 aliphatic carbocycles. The fourth-order valence-corrected chi connectivity index (χ4v) is 2.74. The van der Waals surface area contributed by atoms with E-state index in [1.165, 1.54) is 6.92 Å². The lowest BCUT2D eigenvalue weighted by Crippen LogP contribution is -2.40. The maximum atomic E-state index is 12.3. The number of nitrogens with one attached hydrogen (secondary N) is 1. The second kappa shape index (κ2) is 7.41. The molecule has 0 bridgehead atoms. The first-order chi connectivity index (χ1) is 8.97. The summed E-state index contributed by atoms with van der Waals surface area (Å²) in [7, 11) is 0. The zero-order valence-corrected chi connectivity index (χ0v) is 12.2. The van der Waals surface area contributed by atoms with Gasteiger partial charge in [0, 0.05) is 25.3 Å². The molecule has 1 N–H and O–H groups in total. The summed E-state index contributed by atoms with van der Waals surface area (Å²) in [5.74, 6) is -0.353. The monoisotopic (exact) mass is 267 g/mol. The van der Waals surface area contributed by atoms with Crippen molar-refractivity contribution in [2.75, 3.05) is 6.54 Å². The lowest BCUT2D eigenvalue weighted by molar-refractivity contribution is -0.137. The Labute approximate surface area is 115 Å². The molecule has 4 nitrogen and oxygen atoms in total. The molecule has 1 fully saturated rings. The average Bonchev–Trinajstić information content (AvgIpc) is 2.43. The normalized spacial score (nSPS) is 24.6. The van der Waals surface area contributed by atoms with Gasteiger partial charge < -0.3 is 5.32 Å². The zero-order valence-electron chi connectivity index (χ0n) is 12.2. The SMILES string of the molecule is CCC(C)C(=O)C1CCCCC1CNC(=O)C(C)=O. The number of carbonyl (C=O) groups is 3. The van der Waals surface area contributed by atoms with Gasteiger partial charge in [0.15, 0.2) is 0 Å². The van der Waals surface area contributed by atoms with Crippen molar-refractivity contribution in [3.05, 3.63) is 0 Å². The summed E-state index contributed by atoms with van der Waals surface area (Å²) >= 11 is 0. The summed E-state index contributed by atoms with van der Waals surface area (Å²) in [6, 6.07) is 0. The molecule has 1 amide bonds. The Bertz CT molecular complexity index is 351. The third-order valence-corrected chi connectivity index (χ3v) is 4.22. The van der Waals surface area contributed by atoms with Gasteiger partial charge in [-0.15, -0.1) is 0 Å². The van der Waals surface area contributed by atoms with E-state index in [1.54, 1.807) is 0 Å². The standard InChI is InChI=1S/C15H25NO3/c1-4-10(2)14(18)13-8-6-5-7-12(13)9-16-15(19)11(3)17/h10,12-13H,4-9H2,1-3H3,(H,16,19). The van der Waals surface area contributed by atoms with Gasteiger partial charge in [0.05, 0.1) is 0 Å². The molecule has 0 spiro atoms. The molecule has 0 saturated heterocycles. The van der Waals surface area contributed by atoms with E-state index in [2.05, 4.69) is 5.32 Å². The van der Waals surface area contributed by atoms with Gasteiger partial charge in [-0.25, -0.2) is 0 Å². The van der Waals surface area contributed by atoms with Crippen LogP contribution in [0.4, 0.5) is 0 Å². The molecule has 1 aliphatic rings. The number of ketones is 2. The van der Waals surface area contributed by atoms with E-state index in [0.717, 1.165) is 32.1 Å². The van der Waals surface area contributed by atoms with Crippen LogP contribution in [-0.2, 0) is 14.4 Å². The Morgan fingerprint density at radius 3 is 2.42 bits per heavy atom. The second-order valence-corrected chi connectivity index (χ2v) is 5.63. The largest absolute Gasteiger partial charge is 0.349 e. The minimum absolute atomic E-state index is 0.0518. The highest BCUT2D eigenvalue weighted by Gasteiger charge is 2.32. The highest BCUT2D eigenvalue weighted by atomic mass is 16.2. The maximum absolute atomic E-state index is 12.3. The Hall–Kier alpha value is -1.19. The van der Waals surface area contributed by atoms with Crippen LogP contribution in [0.5, 0.6) is 0 Å². The van der Waals surface area contributed by atoms with E-state index in [0.29, 0.717) is 12.3 Å². The highest BCUT2D eigenvalue weighted by molar-refractivity contribution is 6.35. The van der Waals surface area contributed by atoms with Gasteiger partial charge in [0.25, 0.3) is 5.91 Å². The first kappa shape index (κ1) is 15.9. The zero-order chi connectivity index (χ0) is 14.4. The van der Waals surface area contributed by atoms with E-state index in [1.807, 2.05) is 13.8 Å². The van der Waals surface area contributed by atoms with E-state index >= 15 is 0 Å². The number of amides is 1. The van der Waals surface area contributed by atoms with Crippen molar-refractivity contribution in [3.63, 3.8) is 0 Å². The van der Waals surface area contributed by atoms with Crippen LogP contribution >= 0.6 is 0 Å². The van der Waals surface area contributed by atoms with Gasteiger partial charge in [-0.2, -0.15) is 0 Å². The predicted octanol–water partition coefficient (Wildman–Crippen LogP) is 2.11. The smallest absolute Gasteiger partial charge is 0.287 e. The average molecular weight is 267 g/mol. The van der Waals surface area contributed by atoms with Crippen LogP contribution in [0.3, 0.4) is 0 Å². The van der Waals surface area contributed by atoms with Crippen molar-refractivity contribution in [1.82, 2.24) is 5.32 Å². The quantitative estimate of drug-likeness (QED) is 0.750. The summed E-state index contributed by atoms with van der Waals surface area (Å²) in [4.78, 5) is 34.6. The summed E-state index contributed by atoms with van der Waals surface area (Å²) < 4.78 is 0. The maximum Gasteiger partial charge on any atom is 0.287 e. The summed E-state index contributed by atoms with van der Waals surface area (Å²) in [6.45, 7) is 5.71. The Balaban J connectivity index is 2.60. The van der Waals surface area contributed by atoms with Crippen LogP contribution in [0.15, 0.2) is 0 Å². The van der Waals surface area contributed by atoms with Crippen molar-refractivity contribution in [2.24, 2.45) is 17.8 Å². The molecule has 1 rings (SSSR count). The minimum atomic E-state index is -0.541. The molecular weight excluding hydrogens is 242 g/mol.